The topological polar surface area (TPSA) is 114 Å². The Bertz CT molecular complexity index is 477. The molecule has 0 aliphatic rings. The van der Waals surface area contributed by atoms with Crippen molar-refractivity contribution in [1.82, 2.24) is 5.32 Å². The monoisotopic (exact) mass is 268 g/mol. The Balaban J connectivity index is 2.60. The largest absolute Gasteiger partial charge is 0.409 e. The number of halogens is 1. The minimum atomic E-state index is -0.459. The summed E-state index contributed by atoms with van der Waals surface area (Å²) in [5.74, 6) is -0.951. The van der Waals surface area contributed by atoms with Gasteiger partial charge in [-0.15, -0.1) is 0 Å². The summed E-state index contributed by atoms with van der Waals surface area (Å²) in [6, 6.07) is 4.06. The molecule has 0 heterocycles. The van der Waals surface area contributed by atoms with Crippen LogP contribution in [0.3, 0.4) is 0 Å². The Morgan fingerprint density at radius 3 is 2.79 bits per heavy atom. The summed E-state index contributed by atoms with van der Waals surface area (Å²) in [6.45, 7) is 1.01. The summed E-state index contributed by atoms with van der Waals surface area (Å²) >= 11 is 0. The summed E-state index contributed by atoms with van der Waals surface area (Å²) in [6.07, 6.45) is 0.930. The van der Waals surface area contributed by atoms with Gasteiger partial charge in [0.2, 0.25) is 5.91 Å². The second-order valence-corrected chi connectivity index (χ2v) is 4.03. The summed E-state index contributed by atoms with van der Waals surface area (Å²) in [5.41, 5.74) is 11.5. The van der Waals surface area contributed by atoms with Gasteiger partial charge in [0.1, 0.15) is 5.82 Å². The summed E-state index contributed by atoms with van der Waals surface area (Å²) < 4.78 is 13.1. The first-order valence-corrected chi connectivity index (χ1v) is 5.80. The minimum Gasteiger partial charge on any atom is -0.409 e. The maximum Gasteiger partial charge on any atom is 0.217 e. The van der Waals surface area contributed by atoms with Crippen LogP contribution in [0.4, 0.5) is 4.39 Å². The van der Waals surface area contributed by atoms with E-state index in [-0.39, 0.29) is 11.7 Å². The Labute approximate surface area is 110 Å². The fourth-order valence-corrected chi connectivity index (χ4v) is 1.61. The molecule has 0 fully saturated rings. The Hall–Kier alpha value is -2.15. The predicted octanol–water partition coefficient (Wildman–Crippen LogP) is 0.275. The van der Waals surface area contributed by atoms with Crippen molar-refractivity contribution in [1.29, 1.82) is 0 Å². The van der Waals surface area contributed by atoms with Crippen LogP contribution in [0.1, 0.15) is 24.0 Å². The normalized spacial score (nSPS) is 11.5. The van der Waals surface area contributed by atoms with Crippen molar-refractivity contribution in [2.24, 2.45) is 16.6 Å². The second kappa shape index (κ2) is 7.32. The van der Waals surface area contributed by atoms with Crippen LogP contribution >= 0.6 is 0 Å². The molecule has 0 atom stereocenters. The zero-order valence-electron chi connectivity index (χ0n) is 10.4. The highest BCUT2D eigenvalue weighted by atomic mass is 19.1. The third kappa shape index (κ3) is 4.92. The summed E-state index contributed by atoms with van der Waals surface area (Å²) in [5, 5.41) is 14.6. The van der Waals surface area contributed by atoms with Gasteiger partial charge in [0.05, 0.1) is 0 Å². The minimum absolute atomic E-state index is 0.145. The number of amides is 1. The number of nitrogens with one attached hydrogen (secondary N) is 1. The molecule has 6 nitrogen and oxygen atoms in total. The van der Waals surface area contributed by atoms with Crippen molar-refractivity contribution < 1.29 is 14.4 Å². The molecule has 104 valence electrons. The van der Waals surface area contributed by atoms with Crippen LogP contribution in [0.5, 0.6) is 0 Å². The lowest BCUT2D eigenvalue weighted by molar-refractivity contribution is -0.118. The van der Waals surface area contributed by atoms with E-state index in [4.69, 9.17) is 16.7 Å². The number of hydrogen-bond acceptors (Lipinski definition) is 4. The molecule has 1 rings (SSSR count). The van der Waals surface area contributed by atoms with Crippen molar-refractivity contribution in [3.63, 3.8) is 0 Å². The van der Waals surface area contributed by atoms with E-state index in [0.717, 1.165) is 0 Å². The number of oxime groups is 1. The molecule has 0 radical (unpaired) electrons. The van der Waals surface area contributed by atoms with E-state index in [2.05, 4.69) is 10.5 Å². The first kappa shape index (κ1) is 14.9. The number of rotatable bonds is 7. The van der Waals surface area contributed by atoms with E-state index >= 15 is 0 Å². The molecule has 0 spiro atoms. The standard InChI is InChI=1S/C12H17FN4O2/c13-9-4-3-8(10(6-9)12(15)17-19)7-16-5-1-2-11(14)18/h3-4,6,16,19H,1-2,5,7H2,(H2,14,18)(H2,15,17). The third-order valence-corrected chi connectivity index (χ3v) is 2.55. The number of nitrogens with two attached hydrogens (primary N) is 2. The molecular weight excluding hydrogens is 251 g/mol. The first-order valence-electron chi connectivity index (χ1n) is 5.80. The SMILES string of the molecule is NC(=O)CCCNCc1ccc(F)cc1C(N)=NO. The van der Waals surface area contributed by atoms with Crippen molar-refractivity contribution in [2.75, 3.05) is 6.54 Å². The van der Waals surface area contributed by atoms with E-state index in [1.165, 1.54) is 12.1 Å². The van der Waals surface area contributed by atoms with E-state index in [0.29, 0.717) is 37.1 Å². The second-order valence-electron chi connectivity index (χ2n) is 4.03. The van der Waals surface area contributed by atoms with Gasteiger partial charge in [0, 0.05) is 18.5 Å². The van der Waals surface area contributed by atoms with E-state index in [1.54, 1.807) is 6.07 Å². The molecule has 7 heteroatoms. The smallest absolute Gasteiger partial charge is 0.217 e. The Kier molecular flexibility index (Phi) is 5.74. The zero-order chi connectivity index (χ0) is 14.3. The molecule has 0 aromatic heterocycles. The van der Waals surface area contributed by atoms with Crippen molar-refractivity contribution in [3.05, 3.63) is 35.1 Å². The molecule has 1 amide bonds. The van der Waals surface area contributed by atoms with Gasteiger partial charge in [0.15, 0.2) is 5.84 Å². The van der Waals surface area contributed by atoms with Gasteiger partial charge >= 0.3 is 0 Å². The van der Waals surface area contributed by atoms with Crippen LogP contribution in [0.15, 0.2) is 23.4 Å². The predicted molar refractivity (Wildman–Crippen MR) is 69.0 cm³/mol. The summed E-state index contributed by atoms with van der Waals surface area (Å²) in [4.78, 5) is 10.5. The van der Waals surface area contributed by atoms with Crippen LogP contribution in [0, 0.1) is 5.82 Å². The lowest BCUT2D eigenvalue weighted by Crippen LogP contribution is -2.22. The maximum atomic E-state index is 13.1. The molecule has 0 bridgehead atoms. The molecule has 0 saturated carbocycles. The van der Waals surface area contributed by atoms with Gasteiger partial charge in [0.25, 0.3) is 0 Å². The van der Waals surface area contributed by atoms with Crippen LogP contribution in [-0.2, 0) is 11.3 Å². The van der Waals surface area contributed by atoms with Crippen molar-refractivity contribution >= 4 is 11.7 Å². The molecule has 0 saturated heterocycles. The highest BCUT2D eigenvalue weighted by molar-refractivity contribution is 5.98. The number of amidine groups is 1. The fraction of sp³-hybridized carbons (Fsp3) is 0.333. The number of benzene rings is 1. The Morgan fingerprint density at radius 2 is 2.16 bits per heavy atom. The average molecular weight is 268 g/mol. The van der Waals surface area contributed by atoms with Gasteiger partial charge in [-0.25, -0.2) is 4.39 Å². The van der Waals surface area contributed by atoms with Crippen molar-refractivity contribution in [3.8, 4) is 0 Å². The zero-order valence-corrected chi connectivity index (χ0v) is 10.4. The molecule has 1 aromatic rings. The van der Waals surface area contributed by atoms with Gasteiger partial charge in [-0.2, -0.15) is 0 Å². The molecule has 19 heavy (non-hydrogen) atoms. The van der Waals surface area contributed by atoms with E-state index in [1.807, 2.05) is 0 Å². The average Bonchev–Trinajstić information content (AvgIpc) is 2.38. The lowest BCUT2D eigenvalue weighted by atomic mass is 10.1. The van der Waals surface area contributed by atoms with Crippen LogP contribution in [0.25, 0.3) is 0 Å². The van der Waals surface area contributed by atoms with Crippen molar-refractivity contribution in [2.45, 2.75) is 19.4 Å². The lowest BCUT2D eigenvalue weighted by Gasteiger charge is -2.09. The first-order chi connectivity index (χ1) is 9.04. The molecular formula is C12H17FN4O2. The maximum absolute atomic E-state index is 13.1. The van der Waals surface area contributed by atoms with Gasteiger partial charge in [-0.3, -0.25) is 4.79 Å². The van der Waals surface area contributed by atoms with Crippen LogP contribution in [-0.4, -0.2) is 23.5 Å². The fourth-order valence-electron chi connectivity index (χ4n) is 1.61. The Morgan fingerprint density at radius 1 is 1.42 bits per heavy atom. The van der Waals surface area contributed by atoms with E-state index in [9.17, 15) is 9.18 Å². The van der Waals surface area contributed by atoms with Crippen LogP contribution < -0.4 is 16.8 Å². The van der Waals surface area contributed by atoms with Gasteiger partial charge in [-0.1, -0.05) is 11.2 Å². The number of primary amides is 1. The number of nitrogens with zero attached hydrogens (tertiary/aromatic N) is 1. The molecule has 6 N–H and O–H groups in total. The highest BCUT2D eigenvalue weighted by Crippen LogP contribution is 2.11. The molecule has 0 unspecified atom stereocenters. The molecule has 0 aliphatic carbocycles. The molecule has 1 aromatic carbocycles. The van der Waals surface area contributed by atoms with Gasteiger partial charge < -0.3 is 22.0 Å². The van der Waals surface area contributed by atoms with E-state index < -0.39 is 5.82 Å². The highest BCUT2D eigenvalue weighted by Gasteiger charge is 2.08. The summed E-state index contributed by atoms with van der Waals surface area (Å²) in [7, 11) is 0. The number of carbonyl (C=O) groups is 1. The van der Waals surface area contributed by atoms with Crippen LogP contribution in [0.2, 0.25) is 0 Å². The number of carbonyl (C=O) groups excluding carboxylic acids is 1. The number of hydrogen-bond donors (Lipinski definition) is 4. The van der Waals surface area contributed by atoms with Gasteiger partial charge in [-0.05, 0) is 30.7 Å². The third-order valence-electron chi connectivity index (χ3n) is 2.55. The quantitative estimate of drug-likeness (QED) is 0.187. The molecule has 0 aliphatic heterocycles.